The number of carbonyl (C=O) groups is 1. The van der Waals surface area contributed by atoms with Gasteiger partial charge in [0.15, 0.2) is 6.17 Å². The van der Waals surface area contributed by atoms with Crippen LogP contribution in [0, 0.1) is 0 Å². The van der Waals surface area contributed by atoms with E-state index < -0.39 is 30.0 Å². The minimum Gasteiger partial charge on any atom is -0.442 e. The smallest absolute Gasteiger partial charge is 0.435 e. The summed E-state index contributed by atoms with van der Waals surface area (Å²) in [4.78, 5) is 17.9. The summed E-state index contributed by atoms with van der Waals surface area (Å²) in [6.45, 7) is 10.7. The molecule has 2 rings (SSSR count). The van der Waals surface area contributed by atoms with Crippen molar-refractivity contribution in [2.75, 3.05) is 0 Å². The molecule has 1 aliphatic rings. The Morgan fingerprint density at radius 1 is 1.32 bits per heavy atom. The molecule has 0 saturated carbocycles. The molecule has 5 heteroatoms. The van der Waals surface area contributed by atoms with E-state index in [2.05, 4.69) is 6.58 Å². The molecule has 1 aromatic carbocycles. The van der Waals surface area contributed by atoms with Crippen LogP contribution in [0.15, 0.2) is 42.5 Å². The van der Waals surface area contributed by atoms with E-state index in [1.54, 1.807) is 52.0 Å². The Kier molecular flexibility index (Phi) is 4.56. The number of hydrogen-bond acceptors (Lipinski definition) is 3. The molecule has 0 radical (unpaired) electrons. The van der Waals surface area contributed by atoms with Crippen LogP contribution in [0.3, 0.4) is 0 Å². The molecule has 120 valence electrons. The van der Waals surface area contributed by atoms with Crippen LogP contribution >= 0.6 is 0 Å². The third-order valence-electron chi connectivity index (χ3n) is 3.44. The van der Waals surface area contributed by atoms with Gasteiger partial charge in [-0.25, -0.2) is 9.18 Å². The van der Waals surface area contributed by atoms with Crippen molar-refractivity contribution in [3.8, 4) is 0 Å². The van der Waals surface area contributed by atoms with Crippen molar-refractivity contribution in [1.29, 1.82) is 0 Å². The molecule has 0 bridgehead atoms. The number of rotatable bonds is 1. The van der Waals surface area contributed by atoms with E-state index in [1.165, 1.54) is 0 Å². The number of ether oxygens (including phenoxy) is 1. The SMILES string of the molecule is C=C1[C@@H](C)N(C(=O)OC(C)(C)C)O[C@@H](c2ccccc2)[C@H]1F. The van der Waals surface area contributed by atoms with Crippen molar-refractivity contribution in [1.82, 2.24) is 5.06 Å². The van der Waals surface area contributed by atoms with Crippen LogP contribution in [0.4, 0.5) is 9.18 Å². The van der Waals surface area contributed by atoms with Gasteiger partial charge in [-0.3, -0.25) is 4.84 Å². The average Bonchev–Trinajstić information content (AvgIpc) is 2.44. The molecular weight excluding hydrogens is 285 g/mol. The lowest BCUT2D eigenvalue weighted by atomic mass is 9.95. The van der Waals surface area contributed by atoms with E-state index in [9.17, 15) is 9.18 Å². The highest BCUT2D eigenvalue weighted by Gasteiger charge is 2.42. The average molecular weight is 307 g/mol. The molecule has 1 saturated heterocycles. The third-order valence-corrected chi connectivity index (χ3v) is 3.44. The Morgan fingerprint density at radius 3 is 2.45 bits per heavy atom. The van der Waals surface area contributed by atoms with Gasteiger partial charge in [-0.15, -0.1) is 0 Å². The molecule has 4 nitrogen and oxygen atoms in total. The number of alkyl halides is 1. The number of hydroxylamine groups is 2. The maximum atomic E-state index is 14.5. The lowest BCUT2D eigenvalue weighted by molar-refractivity contribution is -0.229. The highest BCUT2D eigenvalue weighted by molar-refractivity contribution is 5.68. The fourth-order valence-corrected chi connectivity index (χ4v) is 2.22. The monoisotopic (exact) mass is 307 g/mol. The quantitative estimate of drug-likeness (QED) is 0.730. The highest BCUT2D eigenvalue weighted by atomic mass is 19.1. The number of hydrogen-bond donors (Lipinski definition) is 0. The lowest BCUT2D eigenvalue weighted by Crippen LogP contribution is -2.50. The predicted octanol–water partition coefficient (Wildman–Crippen LogP) is 4.19. The normalized spacial score (nSPS) is 26.0. The van der Waals surface area contributed by atoms with Gasteiger partial charge in [0.1, 0.15) is 11.7 Å². The summed E-state index contributed by atoms with van der Waals surface area (Å²) < 4.78 is 19.9. The van der Waals surface area contributed by atoms with Crippen molar-refractivity contribution in [3.05, 3.63) is 48.0 Å². The van der Waals surface area contributed by atoms with Gasteiger partial charge in [0.2, 0.25) is 0 Å². The molecule has 22 heavy (non-hydrogen) atoms. The Hall–Kier alpha value is -1.88. The van der Waals surface area contributed by atoms with Gasteiger partial charge in [0.05, 0.1) is 6.04 Å². The fourth-order valence-electron chi connectivity index (χ4n) is 2.22. The van der Waals surface area contributed by atoms with E-state index in [0.29, 0.717) is 11.1 Å². The maximum Gasteiger partial charge on any atom is 0.435 e. The number of halogens is 1. The van der Waals surface area contributed by atoms with Crippen molar-refractivity contribution in [2.45, 2.75) is 51.6 Å². The van der Waals surface area contributed by atoms with E-state index in [0.717, 1.165) is 5.06 Å². The topological polar surface area (TPSA) is 38.8 Å². The van der Waals surface area contributed by atoms with Crippen LogP contribution in [-0.2, 0) is 9.57 Å². The number of carbonyl (C=O) groups excluding carboxylic acids is 1. The molecule has 1 amide bonds. The first kappa shape index (κ1) is 16.5. The van der Waals surface area contributed by atoms with E-state index in [1.807, 2.05) is 6.07 Å². The van der Waals surface area contributed by atoms with E-state index >= 15 is 0 Å². The van der Waals surface area contributed by atoms with Crippen LogP contribution < -0.4 is 0 Å². The summed E-state index contributed by atoms with van der Waals surface area (Å²) in [6, 6.07) is 8.35. The van der Waals surface area contributed by atoms with E-state index in [-0.39, 0.29) is 0 Å². The van der Waals surface area contributed by atoms with Gasteiger partial charge < -0.3 is 4.74 Å². The Balaban J connectivity index is 2.25. The second kappa shape index (κ2) is 6.08. The molecule has 0 spiro atoms. The van der Waals surface area contributed by atoms with Crippen molar-refractivity contribution in [3.63, 3.8) is 0 Å². The largest absolute Gasteiger partial charge is 0.442 e. The zero-order chi connectivity index (χ0) is 16.5. The van der Waals surface area contributed by atoms with Gasteiger partial charge in [-0.2, -0.15) is 5.06 Å². The molecule has 0 N–H and O–H groups in total. The van der Waals surface area contributed by atoms with Gasteiger partial charge >= 0.3 is 6.09 Å². The van der Waals surface area contributed by atoms with Crippen molar-refractivity contribution < 1.29 is 18.8 Å². The first-order valence-electron chi connectivity index (χ1n) is 7.27. The summed E-state index contributed by atoms with van der Waals surface area (Å²) in [7, 11) is 0. The zero-order valence-corrected chi connectivity index (χ0v) is 13.4. The lowest BCUT2D eigenvalue weighted by Gasteiger charge is -2.40. The standard InChI is InChI=1S/C17H22FNO3/c1-11-12(2)19(16(20)21-17(3,4)5)22-15(14(11)18)13-9-7-6-8-10-13/h6-10,12,14-15H,1H2,2-5H3/t12-,14+,15+/m1/s1. The summed E-state index contributed by atoms with van der Waals surface area (Å²) >= 11 is 0. The van der Waals surface area contributed by atoms with Crippen LogP contribution in [0.5, 0.6) is 0 Å². The van der Waals surface area contributed by atoms with Gasteiger partial charge in [-0.05, 0) is 38.8 Å². The minimum absolute atomic E-state index is 0.297. The molecule has 1 aliphatic heterocycles. The van der Waals surface area contributed by atoms with Crippen LogP contribution in [-0.4, -0.2) is 29.0 Å². The van der Waals surface area contributed by atoms with Gasteiger partial charge in [-0.1, -0.05) is 36.9 Å². The Bertz CT molecular complexity index is 553. The Morgan fingerprint density at radius 2 is 1.91 bits per heavy atom. The van der Waals surface area contributed by atoms with Crippen LogP contribution in [0.1, 0.15) is 39.4 Å². The third kappa shape index (κ3) is 3.47. The van der Waals surface area contributed by atoms with Crippen LogP contribution in [0.25, 0.3) is 0 Å². The maximum absolute atomic E-state index is 14.5. The van der Waals surface area contributed by atoms with Crippen molar-refractivity contribution >= 4 is 6.09 Å². The minimum atomic E-state index is -1.38. The summed E-state index contributed by atoms with van der Waals surface area (Å²) in [6.07, 6.45) is -2.93. The summed E-state index contributed by atoms with van der Waals surface area (Å²) in [5.41, 5.74) is 0.290. The molecule has 0 aliphatic carbocycles. The molecule has 0 aromatic heterocycles. The summed E-state index contributed by atoms with van der Waals surface area (Å²) in [5.74, 6) is 0. The molecule has 1 heterocycles. The first-order chi connectivity index (χ1) is 10.2. The first-order valence-corrected chi connectivity index (χ1v) is 7.27. The second-order valence-corrected chi connectivity index (χ2v) is 6.40. The molecule has 0 unspecified atom stereocenters. The predicted molar refractivity (Wildman–Crippen MR) is 81.8 cm³/mol. The van der Waals surface area contributed by atoms with Crippen LogP contribution in [0.2, 0.25) is 0 Å². The zero-order valence-electron chi connectivity index (χ0n) is 13.4. The van der Waals surface area contributed by atoms with Gasteiger partial charge in [0.25, 0.3) is 0 Å². The summed E-state index contributed by atoms with van der Waals surface area (Å²) in [5, 5.41) is 1.07. The Labute approximate surface area is 130 Å². The number of benzene rings is 1. The number of nitrogens with zero attached hydrogens (tertiary/aromatic N) is 1. The second-order valence-electron chi connectivity index (χ2n) is 6.40. The van der Waals surface area contributed by atoms with Gasteiger partial charge in [0, 0.05) is 0 Å². The molecule has 3 atom stereocenters. The number of amides is 1. The molecule has 1 fully saturated rings. The van der Waals surface area contributed by atoms with E-state index in [4.69, 9.17) is 9.57 Å². The molecular formula is C17H22FNO3. The molecule has 1 aromatic rings. The van der Waals surface area contributed by atoms with Crippen molar-refractivity contribution in [2.24, 2.45) is 0 Å². The highest BCUT2D eigenvalue weighted by Crippen LogP contribution is 2.37. The fraction of sp³-hybridized carbons (Fsp3) is 0.471.